The summed E-state index contributed by atoms with van der Waals surface area (Å²) in [6.45, 7) is 1.93. The van der Waals surface area contributed by atoms with Gasteiger partial charge in [-0.3, -0.25) is 4.79 Å². The molecule has 0 saturated heterocycles. The molecule has 0 aliphatic heterocycles. The van der Waals surface area contributed by atoms with Gasteiger partial charge in [-0.1, -0.05) is 121 Å². The first-order valence-electron chi connectivity index (χ1n) is 17.0. The Kier molecular flexibility index (Phi) is 9.81. The summed E-state index contributed by atoms with van der Waals surface area (Å²) in [5, 5.41) is 12.1. The number of carbonyl (C=O) groups is 1. The van der Waals surface area contributed by atoms with Crippen LogP contribution in [-0.4, -0.2) is 33.7 Å². The van der Waals surface area contributed by atoms with Gasteiger partial charge in [0.2, 0.25) is 0 Å². The Hall–Kier alpha value is -6.26. The van der Waals surface area contributed by atoms with E-state index in [4.69, 9.17) is 5.73 Å². The number of fused-ring (bicyclic) bond motifs is 2. The molecule has 2 aliphatic carbocycles. The van der Waals surface area contributed by atoms with E-state index < -0.39 is 10.0 Å². The summed E-state index contributed by atoms with van der Waals surface area (Å²) in [4.78, 5) is 10.7. The molecule has 2 atom stereocenters. The van der Waals surface area contributed by atoms with E-state index in [9.17, 15) is 13.2 Å². The molecule has 0 fully saturated rings. The predicted octanol–water partition coefficient (Wildman–Crippen LogP) is 8.01. The maximum Gasteiger partial charge on any atom is 0.283 e. The molecular formula is C42H38N6O3S. The number of aromatic nitrogens is 4. The number of nitrogens with one attached hydrogen (secondary N) is 1. The minimum Gasteiger partial charge on any atom is -0.382 e. The number of rotatable bonds is 8. The zero-order valence-corrected chi connectivity index (χ0v) is 29.4. The normalized spacial score (nSPS) is 16.1. The van der Waals surface area contributed by atoms with Crippen LogP contribution in [-0.2, 0) is 27.7 Å². The molecule has 3 N–H and O–H groups in total. The lowest BCUT2D eigenvalue weighted by Crippen LogP contribution is -2.20. The van der Waals surface area contributed by atoms with E-state index in [1.54, 1.807) is 35.1 Å². The Bertz CT molecular complexity index is 2380. The number of para-hydroxylation sites is 1. The number of carbonyl (C=O) groups excluding carboxylic acids is 1. The standard InChI is InChI=1S/C26H23N3O2S.C16H15N3O/c1-19-12-15-23(16-13-19)32(30,31)29-25-18-21(20-8-4-2-5-9-20)14-17-24(25)26(28-29)27-22-10-6-3-7-11-22;17-16-14-8-7-13(12-5-2-1-3-6-12)11-15(14)19(18-16)9-4-10-20/h2-17,21H,18H2,1H3,(H,27,28);1-10,13H,11H2,(H2,17,18). The van der Waals surface area contributed by atoms with E-state index in [0.29, 0.717) is 29.7 Å². The summed E-state index contributed by atoms with van der Waals surface area (Å²) in [7, 11) is -3.84. The van der Waals surface area contributed by atoms with E-state index in [-0.39, 0.29) is 10.8 Å². The van der Waals surface area contributed by atoms with Gasteiger partial charge in [-0.05, 0) is 48.4 Å². The molecule has 2 heterocycles. The molecule has 0 spiro atoms. The van der Waals surface area contributed by atoms with Gasteiger partial charge in [0.25, 0.3) is 10.0 Å². The number of aldehydes is 1. The number of nitrogens with zero attached hydrogens (tertiary/aromatic N) is 4. The molecular weight excluding hydrogens is 669 g/mol. The van der Waals surface area contributed by atoms with Gasteiger partial charge in [0.05, 0.1) is 16.3 Å². The van der Waals surface area contributed by atoms with Gasteiger partial charge in [-0.15, -0.1) is 5.10 Å². The SMILES string of the molecule is Cc1ccc(S(=O)(=O)n2nc(Nc3ccccc3)c3c2CC(c2ccccc2)C=C3)cc1.Nc1nn(C=CC=O)c2c1C=CC(c1ccccc1)C2. The summed E-state index contributed by atoms with van der Waals surface area (Å²) >= 11 is 0. The first-order valence-corrected chi connectivity index (χ1v) is 18.5. The average Bonchev–Trinajstić information content (AvgIpc) is 3.71. The van der Waals surface area contributed by atoms with Crippen molar-refractivity contribution in [1.29, 1.82) is 0 Å². The third-order valence-corrected chi connectivity index (χ3v) is 10.9. The van der Waals surface area contributed by atoms with Crippen molar-refractivity contribution in [3.8, 4) is 0 Å². The summed E-state index contributed by atoms with van der Waals surface area (Å²) in [6, 6.07) is 37.0. The second kappa shape index (κ2) is 14.9. The summed E-state index contributed by atoms with van der Waals surface area (Å²) in [5.41, 5.74) is 13.7. The fourth-order valence-electron chi connectivity index (χ4n) is 6.53. The fourth-order valence-corrected chi connectivity index (χ4v) is 7.86. The Morgan fingerprint density at radius 1 is 0.731 bits per heavy atom. The van der Waals surface area contributed by atoms with Crippen LogP contribution in [0, 0.1) is 6.92 Å². The summed E-state index contributed by atoms with van der Waals surface area (Å²) in [5.74, 6) is 1.42. The molecule has 8 rings (SSSR count). The Morgan fingerprint density at radius 3 is 1.88 bits per heavy atom. The van der Waals surface area contributed by atoms with Crippen LogP contribution in [0.25, 0.3) is 18.4 Å². The van der Waals surface area contributed by atoms with Gasteiger partial charge >= 0.3 is 0 Å². The van der Waals surface area contributed by atoms with Crippen molar-refractivity contribution < 1.29 is 13.2 Å². The first-order chi connectivity index (χ1) is 25.3. The number of nitrogens with two attached hydrogens (primary N) is 1. The monoisotopic (exact) mass is 706 g/mol. The van der Waals surface area contributed by atoms with E-state index in [2.05, 4.69) is 51.9 Å². The minimum absolute atomic E-state index is 0.0805. The van der Waals surface area contributed by atoms with Gasteiger partial charge < -0.3 is 11.1 Å². The molecule has 4 aromatic carbocycles. The largest absolute Gasteiger partial charge is 0.382 e. The highest BCUT2D eigenvalue weighted by Crippen LogP contribution is 2.37. The van der Waals surface area contributed by atoms with Crippen LogP contribution in [0.2, 0.25) is 0 Å². The topological polar surface area (TPSA) is 125 Å². The third kappa shape index (κ3) is 7.15. The van der Waals surface area contributed by atoms with E-state index in [0.717, 1.165) is 46.3 Å². The quantitative estimate of drug-likeness (QED) is 0.121. The Balaban J connectivity index is 0.000000180. The Morgan fingerprint density at radius 2 is 1.29 bits per heavy atom. The number of aryl methyl sites for hydroxylation is 1. The highest BCUT2D eigenvalue weighted by atomic mass is 32.2. The van der Waals surface area contributed by atoms with Gasteiger partial charge in [0, 0.05) is 47.7 Å². The Labute approximate surface area is 303 Å². The lowest BCUT2D eigenvalue weighted by Gasteiger charge is -2.19. The molecule has 0 saturated carbocycles. The number of hydrogen-bond donors (Lipinski definition) is 2. The summed E-state index contributed by atoms with van der Waals surface area (Å²) in [6.07, 6.45) is 13.4. The molecule has 0 radical (unpaired) electrons. The maximum atomic E-state index is 13.6. The molecule has 260 valence electrons. The van der Waals surface area contributed by atoms with Gasteiger partial charge in [-0.2, -0.15) is 17.6 Å². The second-order valence-corrected chi connectivity index (χ2v) is 14.5. The number of benzene rings is 4. The number of anilines is 3. The van der Waals surface area contributed by atoms with Crippen molar-refractivity contribution >= 4 is 52.0 Å². The van der Waals surface area contributed by atoms with Crippen molar-refractivity contribution in [2.24, 2.45) is 0 Å². The zero-order chi connectivity index (χ0) is 36.1. The first kappa shape index (κ1) is 34.2. The fraction of sp³-hybridized carbons (Fsp3) is 0.119. The lowest BCUT2D eigenvalue weighted by atomic mass is 9.88. The molecule has 0 bridgehead atoms. The minimum atomic E-state index is -3.84. The smallest absolute Gasteiger partial charge is 0.283 e. The molecule has 2 aromatic heterocycles. The molecule has 9 nitrogen and oxygen atoms in total. The highest BCUT2D eigenvalue weighted by molar-refractivity contribution is 7.89. The van der Waals surface area contributed by atoms with Crippen LogP contribution >= 0.6 is 0 Å². The van der Waals surface area contributed by atoms with Crippen molar-refractivity contribution in [1.82, 2.24) is 19.0 Å². The van der Waals surface area contributed by atoms with Gasteiger partial charge in [-0.25, -0.2) is 4.68 Å². The van der Waals surface area contributed by atoms with Crippen molar-refractivity contribution in [2.45, 2.75) is 36.5 Å². The van der Waals surface area contributed by atoms with Gasteiger partial charge in [0.15, 0.2) is 11.6 Å². The van der Waals surface area contributed by atoms with Crippen molar-refractivity contribution in [3.05, 3.63) is 173 Å². The molecule has 2 unspecified atom stereocenters. The number of nitrogen functional groups attached to an aromatic ring is 1. The molecule has 52 heavy (non-hydrogen) atoms. The third-order valence-electron chi connectivity index (χ3n) is 9.23. The van der Waals surface area contributed by atoms with Crippen LogP contribution in [0.4, 0.5) is 17.3 Å². The average molecular weight is 707 g/mol. The van der Waals surface area contributed by atoms with Crippen LogP contribution < -0.4 is 11.1 Å². The molecule has 6 aromatic rings. The van der Waals surface area contributed by atoms with Crippen LogP contribution in [0.5, 0.6) is 0 Å². The van der Waals surface area contributed by atoms with Crippen molar-refractivity contribution in [2.75, 3.05) is 11.1 Å². The van der Waals surface area contributed by atoms with Crippen LogP contribution in [0.1, 0.15) is 51.0 Å². The van der Waals surface area contributed by atoms with Gasteiger partial charge in [0.1, 0.15) is 6.29 Å². The zero-order valence-electron chi connectivity index (χ0n) is 28.6. The van der Waals surface area contributed by atoms with E-state index >= 15 is 0 Å². The van der Waals surface area contributed by atoms with Crippen LogP contribution in [0.15, 0.2) is 138 Å². The molecule has 2 aliphatic rings. The number of allylic oxidation sites excluding steroid dienone is 3. The summed E-state index contributed by atoms with van der Waals surface area (Å²) < 4.78 is 30.0. The second-order valence-electron chi connectivity index (χ2n) is 12.7. The van der Waals surface area contributed by atoms with E-state index in [1.807, 2.05) is 85.8 Å². The maximum absolute atomic E-state index is 13.6. The molecule has 0 amide bonds. The highest BCUT2D eigenvalue weighted by Gasteiger charge is 2.30. The van der Waals surface area contributed by atoms with E-state index in [1.165, 1.54) is 15.7 Å². The molecule has 10 heteroatoms. The predicted molar refractivity (Wildman–Crippen MR) is 208 cm³/mol. The van der Waals surface area contributed by atoms with Crippen LogP contribution in [0.3, 0.4) is 0 Å². The number of hydrogen-bond acceptors (Lipinski definition) is 7. The lowest BCUT2D eigenvalue weighted by molar-refractivity contribution is -0.104. The van der Waals surface area contributed by atoms with Crippen molar-refractivity contribution in [3.63, 3.8) is 0 Å².